The number of aliphatic hydroxyl groups is 1. The number of halogens is 1. The van der Waals surface area contributed by atoms with E-state index in [-0.39, 0.29) is 23.5 Å². The van der Waals surface area contributed by atoms with Crippen LogP contribution in [-0.4, -0.2) is 23.2 Å². The Morgan fingerprint density at radius 3 is 2.47 bits per heavy atom. The highest BCUT2D eigenvalue weighted by atomic mass is 35.5. The fraction of sp³-hybridized carbons (Fsp3) is 0.533. The third-order valence-corrected chi connectivity index (χ3v) is 4.63. The average molecular weight is 280 g/mol. The van der Waals surface area contributed by atoms with Gasteiger partial charge < -0.3 is 10.4 Å². The summed E-state index contributed by atoms with van der Waals surface area (Å²) in [6, 6.07) is 7.45. The van der Waals surface area contributed by atoms with Crippen molar-refractivity contribution in [1.82, 2.24) is 5.32 Å². The maximum Gasteiger partial charge on any atom is 0.230 e. The molecule has 2 saturated carbocycles. The Bertz CT molecular complexity index is 481. The second-order valence-corrected chi connectivity index (χ2v) is 6.10. The van der Waals surface area contributed by atoms with Crippen LogP contribution in [0.3, 0.4) is 0 Å². The first kappa shape index (κ1) is 12.9. The number of carbonyl (C=O) groups is 1. The molecule has 0 spiro atoms. The molecule has 2 atom stereocenters. The summed E-state index contributed by atoms with van der Waals surface area (Å²) < 4.78 is 0. The Morgan fingerprint density at radius 1 is 1.26 bits per heavy atom. The summed E-state index contributed by atoms with van der Waals surface area (Å²) in [5.41, 5.74) is 0.647. The minimum Gasteiger partial charge on any atom is -0.391 e. The van der Waals surface area contributed by atoms with Crippen LogP contribution in [0.25, 0.3) is 0 Å². The van der Waals surface area contributed by atoms with Crippen LogP contribution in [0, 0.1) is 0 Å². The zero-order valence-corrected chi connectivity index (χ0v) is 11.5. The summed E-state index contributed by atoms with van der Waals surface area (Å²) in [5, 5.41) is 13.5. The topological polar surface area (TPSA) is 49.3 Å². The van der Waals surface area contributed by atoms with Gasteiger partial charge in [0.15, 0.2) is 0 Å². The number of benzene rings is 1. The molecule has 1 aromatic carbocycles. The molecule has 2 aliphatic carbocycles. The lowest BCUT2D eigenvalue weighted by Gasteiger charge is -2.21. The van der Waals surface area contributed by atoms with Gasteiger partial charge in [-0.3, -0.25) is 4.79 Å². The van der Waals surface area contributed by atoms with Crippen molar-refractivity contribution in [3.8, 4) is 0 Å². The fourth-order valence-corrected chi connectivity index (χ4v) is 3.08. The van der Waals surface area contributed by atoms with E-state index in [0.717, 1.165) is 37.7 Å². The van der Waals surface area contributed by atoms with Gasteiger partial charge in [0.25, 0.3) is 0 Å². The molecule has 19 heavy (non-hydrogen) atoms. The van der Waals surface area contributed by atoms with Gasteiger partial charge in [-0.1, -0.05) is 23.7 Å². The molecule has 102 valence electrons. The molecule has 2 fully saturated rings. The minimum absolute atomic E-state index is 0.0563. The Hall–Kier alpha value is -1.06. The van der Waals surface area contributed by atoms with Crippen LogP contribution in [0.15, 0.2) is 24.3 Å². The molecule has 0 aromatic heterocycles. The molecule has 0 saturated heterocycles. The third kappa shape index (κ3) is 2.37. The van der Waals surface area contributed by atoms with Gasteiger partial charge in [-0.25, -0.2) is 0 Å². The second kappa shape index (κ2) is 4.80. The monoisotopic (exact) mass is 279 g/mol. The number of rotatable bonds is 3. The molecule has 3 rings (SSSR count). The number of hydrogen-bond acceptors (Lipinski definition) is 2. The molecule has 3 nitrogen and oxygen atoms in total. The highest BCUT2D eigenvalue weighted by Gasteiger charge is 2.51. The van der Waals surface area contributed by atoms with E-state index in [4.69, 9.17) is 11.6 Å². The maximum atomic E-state index is 12.5. The maximum absolute atomic E-state index is 12.5. The van der Waals surface area contributed by atoms with E-state index in [2.05, 4.69) is 5.32 Å². The normalized spacial score (nSPS) is 28.1. The Balaban J connectivity index is 1.73. The molecule has 0 heterocycles. The Morgan fingerprint density at radius 2 is 1.95 bits per heavy atom. The molecule has 0 bridgehead atoms. The van der Waals surface area contributed by atoms with E-state index in [1.54, 1.807) is 0 Å². The van der Waals surface area contributed by atoms with Crippen molar-refractivity contribution in [3.63, 3.8) is 0 Å². The predicted octanol–water partition coefficient (Wildman–Crippen LogP) is 2.40. The SMILES string of the molecule is O=C(NC1CCCC1O)C1(c2ccc(Cl)cc2)CC1. The quantitative estimate of drug-likeness (QED) is 0.893. The van der Waals surface area contributed by atoms with Crippen molar-refractivity contribution in [2.75, 3.05) is 0 Å². The van der Waals surface area contributed by atoms with Crippen molar-refractivity contribution in [3.05, 3.63) is 34.9 Å². The number of amides is 1. The number of nitrogens with one attached hydrogen (secondary N) is 1. The van der Waals surface area contributed by atoms with Gasteiger partial charge in [-0.15, -0.1) is 0 Å². The molecular weight excluding hydrogens is 262 g/mol. The molecule has 1 amide bonds. The molecule has 0 aliphatic heterocycles. The summed E-state index contributed by atoms with van der Waals surface area (Å²) in [6.07, 6.45) is 4.03. The van der Waals surface area contributed by atoms with Crippen LogP contribution in [0.2, 0.25) is 5.02 Å². The van der Waals surface area contributed by atoms with Gasteiger partial charge >= 0.3 is 0 Å². The summed E-state index contributed by atoms with van der Waals surface area (Å²) in [5.74, 6) is 0.0563. The lowest BCUT2D eigenvalue weighted by molar-refractivity contribution is -0.124. The van der Waals surface area contributed by atoms with E-state index in [0.29, 0.717) is 5.02 Å². The molecular formula is C15H18ClNO2. The number of carbonyl (C=O) groups excluding carboxylic acids is 1. The van der Waals surface area contributed by atoms with Gasteiger partial charge in [0, 0.05) is 5.02 Å². The van der Waals surface area contributed by atoms with Crippen molar-refractivity contribution >= 4 is 17.5 Å². The smallest absolute Gasteiger partial charge is 0.230 e. The summed E-state index contributed by atoms with van der Waals surface area (Å²) in [7, 11) is 0. The largest absolute Gasteiger partial charge is 0.391 e. The fourth-order valence-electron chi connectivity index (χ4n) is 2.96. The van der Waals surface area contributed by atoms with E-state index >= 15 is 0 Å². The lowest BCUT2D eigenvalue weighted by atomic mass is 9.94. The van der Waals surface area contributed by atoms with Crippen LogP contribution in [0.1, 0.15) is 37.7 Å². The van der Waals surface area contributed by atoms with Crippen LogP contribution in [0.5, 0.6) is 0 Å². The van der Waals surface area contributed by atoms with Crippen LogP contribution in [-0.2, 0) is 10.2 Å². The van der Waals surface area contributed by atoms with Gasteiger partial charge in [0.2, 0.25) is 5.91 Å². The lowest BCUT2D eigenvalue weighted by Crippen LogP contribution is -2.44. The predicted molar refractivity (Wildman–Crippen MR) is 74.2 cm³/mol. The van der Waals surface area contributed by atoms with E-state index in [1.807, 2.05) is 24.3 Å². The van der Waals surface area contributed by atoms with Crippen LogP contribution < -0.4 is 5.32 Å². The van der Waals surface area contributed by atoms with Gasteiger partial charge in [0.05, 0.1) is 17.6 Å². The Kier molecular flexibility index (Phi) is 3.27. The molecule has 2 N–H and O–H groups in total. The average Bonchev–Trinajstić information content (AvgIpc) is 3.11. The summed E-state index contributed by atoms with van der Waals surface area (Å²) in [4.78, 5) is 12.5. The highest BCUT2D eigenvalue weighted by molar-refractivity contribution is 6.30. The summed E-state index contributed by atoms with van der Waals surface area (Å²) in [6.45, 7) is 0. The first-order valence-corrected chi connectivity index (χ1v) is 7.25. The van der Waals surface area contributed by atoms with Gasteiger partial charge in [-0.2, -0.15) is 0 Å². The highest BCUT2D eigenvalue weighted by Crippen LogP contribution is 2.48. The van der Waals surface area contributed by atoms with Gasteiger partial charge in [0.1, 0.15) is 0 Å². The summed E-state index contributed by atoms with van der Waals surface area (Å²) >= 11 is 5.88. The van der Waals surface area contributed by atoms with Crippen molar-refractivity contribution in [1.29, 1.82) is 0 Å². The third-order valence-electron chi connectivity index (χ3n) is 4.38. The zero-order valence-electron chi connectivity index (χ0n) is 10.7. The van der Waals surface area contributed by atoms with Gasteiger partial charge in [-0.05, 0) is 49.8 Å². The first-order chi connectivity index (χ1) is 9.12. The van der Waals surface area contributed by atoms with Crippen LogP contribution >= 0.6 is 11.6 Å². The molecule has 4 heteroatoms. The number of hydrogen-bond donors (Lipinski definition) is 2. The molecule has 2 aliphatic rings. The second-order valence-electron chi connectivity index (χ2n) is 5.67. The Labute approximate surface area is 118 Å². The number of aliphatic hydroxyl groups excluding tert-OH is 1. The molecule has 1 aromatic rings. The van der Waals surface area contributed by atoms with Crippen LogP contribution in [0.4, 0.5) is 0 Å². The van der Waals surface area contributed by atoms with E-state index in [9.17, 15) is 9.90 Å². The van der Waals surface area contributed by atoms with Crippen molar-refractivity contribution < 1.29 is 9.90 Å². The standard InChI is InChI=1S/C15H18ClNO2/c16-11-6-4-10(5-7-11)15(8-9-15)14(19)17-12-2-1-3-13(12)18/h4-7,12-13,18H,1-3,8-9H2,(H,17,19). The molecule has 0 radical (unpaired) electrons. The van der Waals surface area contributed by atoms with E-state index < -0.39 is 0 Å². The van der Waals surface area contributed by atoms with Crippen molar-refractivity contribution in [2.45, 2.75) is 49.7 Å². The molecule has 2 unspecified atom stereocenters. The first-order valence-electron chi connectivity index (χ1n) is 6.87. The zero-order chi connectivity index (χ0) is 13.5. The minimum atomic E-state index is -0.384. The van der Waals surface area contributed by atoms with E-state index in [1.165, 1.54) is 0 Å². The van der Waals surface area contributed by atoms with Crippen molar-refractivity contribution in [2.24, 2.45) is 0 Å².